The van der Waals surface area contributed by atoms with Gasteiger partial charge in [-0.1, -0.05) is 0 Å². The van der Waals surface area contributed by atoms with Crippen LogP contribution in [-0.2, 0) is 11.3 Å². The zero-order valence-electron chi connectivity index (χ0n) is 9.38. The van der Waals surface area contributed by atoms with Crippen molar-refractivity contribution in [3.05, 3.63) is 23.2 Å². The van der Waals surface area contributed by atoms with Gasteiger partial charge in [-0.3, -0.25) is 5.10 Å². The van der Waals surface area contributed by atoms with Crippen molar-refractivity contribution in [1.29, 1.82) is 0 Å². The highest BCUT2D eigenvalue weighted by atomic mass is 32.1. The molecular weight excluding hydrogens is 242 g/mol. The van der Waals surface area contributed by atoms with E-state index in [4.69, 9.17) is 0 Å². The summed E-state index contributed by atoms with van der Waals surface area (Å²) in [6.07, 6.45) is 1.45. The summed E-state index contributed by atoms with van der Waals surface area (Å²) in [5.74, 6) is 0.308. The number of aromatic nitrogens is 4. The Hall–Kier alpha value is -1.96. The Morgan fingerprint density at radius 2 is 2.47 bits per heavy atom. The molecule has 1 N–H and O–H groups in total. The van der Waals surface area contributed by atoms with Crippen LogP contribution in [0, 0.1) is 0 Å². The predicted molar refractivity (Wildman–Crippen MR) is 61.9 cm³/mol. The minimum Gasteiger partial charge on any atom is -0.464 e. The van der Waals surface area contributed by atoms with E-state index in [0.29, 0.717) is 12.2 Å². The van der Waals surface area contributed by atoms with Crippen molar-refractivity contribution >= 4 is 22.4 Å². The average molecular weight is 253 g/mol. The molecule has 0 aromatic carbocycles. The Labute approximate surface area is 101 Å². The van der Waals surface area contributed by atoms with Gasteiger partial charge in [-0.05, 0) is 0 Å². The van der Waals surface area contributed by atoms with E-state index in [1.807, 2.05) is 11.9 Å². The third kappa shape index (κ3) is 2.59. The number of thiazole rings is 1. The molecule has 2 heterocycles. The molecule has 2 rings (SSSR count). The van der Waals surface area contributed by atoms with Gasteiger partial charge in [-0.25, -0.2) is 14.8 Å². The Balaban J connectivity index is 2.07. The summed E-state index contributed by atoms with van der Waals surface area (Å²) in [5.41, 5.74) is 0.317. The molecule has 90 valence electrons. The van der Waals surface area contributed by atoms with Gasteiger partial charge in [0.2, 0.25) is 0 Å². The number of esters is 1. The van der Waals surface area contributed by atoms with Crippen LogP contribution in [-0.4, -0.2) is 40.3 Å². The number of rotatable bonds is 4. The second-order valence-electron chi connectivity index (χ2n) is 3.30. The molecule has 0 aliphatic rings. The maximum Gasteiger partial charge on any atom is 0.357 e. The minimum atomic E-state index is -0.430. The fourth-order valence-corrected chi connectivity index (χ4v) is 2.00. The van der Waals surface area contributed by atoms with Crippen LogP contribution in [0.4, 0.5) is 5.13 Å². The van der Waals surface area contributed by atoms with Crippen LogP contribution in [0.25, 0.3) is 0 Å². The number of carbonyl (C=O) groups is 1. The highest BCUT2D eigenvalue weighted by Crippen LogP contribution is 2.20. The third-order valence-electron chi connectivity index (χ3n) is 2.06. The van der Waals surface area contributed by atoms with Gasteiger partial charge in [0.25, 0.3) is 0 Å². The quantitative estimate of drug-likeness (QED) is 0.807. The Bertz CT molecular complexity index is 495. The topological polar surface area (TPSA) is 84.0 Å². The molecule has 0 aliphatic carbocycles. The number of hydrogen-bond donors (Lipinski definition) is 1. The van der Waals surface area contributed by atoms with Crippen molar-refractivity contribution in [3.8, 4) is 0 Å². The van der Waals surface area contributed by atoms with Crippen molar-refractivity contribution in [3.63, 3.8) is 0 Å². The van der Waals surface area contributed by atoms with Gasteiger partial charge in [0.05, 0.1) is 13.7 Å². The molecule has 17 heavy (non-hydrogen) atoms. The van der Waals surface area contributed by atoms with E-state index in [0.717, 1.165) is 11.0 Å². The van der Waals surface area contributed by atoms with E-state index in [1.165, 1.54) is 24.8 Å². The maximum absolute atomic E-state index is 11.2. The predicted octanol–water partition coefficient (Wildman–Crippen LogP) is 0.684. The number of carbonyl (C=O) groups excluding carboxylic acids is 1. The SMILES string of the molecule is COC(=O)c1csc(N(C)Cc2ncn[nH]2)n1. The number of H-pyrrole nitrogens is 1. The zero-order valence-corrected chi connectivity index (χ0v) is 10.2. The van der Waals surface area contributed by atoms with E-state index < -0.39 is 5.97 Å². The first-order valence-electron chi connectivity index (χ1n) is 4.80. The van der Waals surface area contributed by atoms with Crippen molar-refractivity contribution in [2.24, 2.45) is 0 Å². The number of methoxy groups -OCH3 is 1. The van der Waals surface area contributed by atoms with E-state index in [1.54, 1.807) is 5.38 Å². The Morgan fingerprint density at radius 1 is 1.65 bits per heavy atom. The number of nitrogens with one attached hydrogen (secondary N) is 1. The lowest BCUT2D eigenvalue weighted by molar-refractivity contribution is 0.0595. The van der Waals surface area contributed by atoms with Gasteiger partial charge in [0.15, 0.2) is 10.8 Å². The molecule has 0 unspecified atom stereocenters. The molecule has 0 amide bonds. The molecule has 0 spiro atoms. The van der Waals surface area contributed by atoms with Gasteiger partial charge in [-0.15, -0.1) is 11.3 Å². The first-order valence-corrected chi connectivity index (χ1v) is 5.68. The molecule has 7 nitrogen and oxygen atoms in total. The standard InChI is InChI=1S/C9H11N5O2S/c1-14(3-7-10-5-11-13-7)9-12-6(4-17-9)8(15)16-2/h4-5H,3H2,1-2H3,(H,10,11,13). The number of nitrogens with zero attached hydrogens (tertiary/aromatic N) is 4. The number of hydrogen-bond acceptors (Lipinski definition) is 7. The highest BCUT2D eigenvalue weighted by Gasteiger charge is 2.13. The summed E-state index contributed by atoms with van der Waals surface area (Å²) in [5, 5.41) is 8.91. The summed E-state index contributed by atoms with van der Waals surface area (Å²) in [4.78, 5) is 21.3. The van der Waals surface area contributed by atoms with Crippen LogP contribution in [0.3, 0.4) is 0 Å². The van der Waals surface area contributed by atoms with Crippen LogP contribution in [0.2, 0.25) is 0 Å². The molecule has 2 aromatic rings. The second kappa shape index (κ2) is 4.91. The first kappa shape index (κ1) is 11.5. The van der Waals surface area contributed by atoms with E-state index >= 15 is 0 Å². The smallest absolute Gasteiger partial charge is 0.357 e. The molecule has 2 aromatic heterocycles. The summed E-state index contributed by atoms with van der Waals surface area (Å²) in [6.45, 7) is 0.550. The third-order valence-corrected chi connectivity index (χ3v) is 3.02. The van der Waals surface area contributed by atoms with Gasteiger partial charge in [0, 0.05) is 12.4 Å². The Kier molecular flexibility index (Phi) is 3.33. The summed E-state index contributed by atoms with van der Waals surface area (Å²) >= 11 is 1.38. The summed E-state index contributed by atoms with van der Waals surface area (Å²) < 4.78 is 4.59. The fourth-order valence-electron chi connectivity index (χ4n) is 1.24. The molecule has 0 bridgehead atoms. The fraction of sp³-hybridized carbons (Fsp3) is 0.333. The average Bonchev–Trinajstić information content (AvgIpc) is 2.98. The normalized spacial score (nSPS) is 10.2. The lowest BCUT2D eigenvalue weighted by atomic mass is 10.5. The van der Waals surface area contributed by atoms with Gasteiger partial charge >= 0.3 is 5.97 Å². The molecular formula is C9H11N5O2S. The zero-order chi connectivity index (χ0) is 12.3. The summed E-state index contributed by atoms with van der Waals surface area (Å²) in [6, 6.07) is 0. The van der Waals surface area contributed by atoms with E-state index in [2.05, 4.69) is 24.9 Å². The first-order chi connectivity index (χ1) is 8.20. The van der Waals surface area contributed by atoms with Crippen LogP contribution >= 0.6 is 11.3 Å². The summed E-state index contributed by atoms with van der Waals surface area (Å²) in [7, 11) is 3.20. The van der Waals surface area contributed by atoms with Crippen molar-refractivity contribution < 1.29 is 9.53 Å². The largest absolute Gasteiger partial charge is 0.464 e. The molecule has 0 radical (unpaired) electrons. The second-order valence-corrected chi connectivity index (χ2v) is 4.13. The lowest BCUT2D eigenvalue weighted by Gasteiger charge is -2.12. The van der Waals surface area contributed by atoms with Crippen LogP contribution in [0.1, 0.15) is 16.3 Å². The van der Waals surface area contributed by atoms with E-state index in [9.17, 15) is 4.79 Å². The maximum atomic E-state index is 11.2. The molecule has 0 fully saturated rings. The van der Waals surface area contributed by atoms with Crippen molar-refractivity contribution in [2.75, 3.05) is 19.1 Å². The van der Waals surface area contributed by atoms with Gasteiger partial charge in [-0.2, -0.15) is 5.10 Å². The van der Waals surface area contributed by atoms with Crippen molar-refractivity contribution in [2.45, 2.75) is 6.54 Å². The number of aromatic amines is 1. The van der Waals surface area contributed by atoms with Gasteiger partial charge in [0.1, 0.15) is 12.2 Å². The highest BCUT2D eigenvalue weighted by molar-refractivity contribution is 7.13. The molecule has 0 saturated heterocycles. The van der Waals surface area contributed by atoms with Crippen LogP contribution < -0.4 is 4.90 Å². The molecule has 0 atom stereocenters. The lowest BCUT2D eigenvalue weighted by Crippen LogP contribution is -2.17. The molecule has 8 heteroatoms. The number of anilines is 1. The molecule has 0 saturated carbocycles. The van der Waals surface area contributed by atoms with Crippen LogP contribution in [0.5, 0.6) is 0 Å². The van der Waals surface area contributed by atoms with Gasteiger partial charge < -0.3 is 9.64 Å². The monoisotopic (exact) mass is 253 g/mol. The van der Waals surface area contributed by atoms with Crippen LogP contribution in [0.15, 0.2) is 11.7 Å². The van der Waals surface area contributed by atoms with Crippen molar-refractivity contribution in [1.82, 2.24) is 20.2 Å². The number of ether oxygens (including phenoxy) is 1. The Morgan fingerprint density at radius 3 is 3.12 bits per heavy atom. The van der Waals surface area contributed by atoms with E-state index in [-0.39, 0.29) is 0 Å². The molecule has 0 aliphatic heterocycles. The minimum absolute atomic E-state index is 0.317.